The number of phenolic OH excluding ortho intramolecular Hbond substituents is 1. The molecule has 1 aromatic carbocycles. The van der Waals surface area contributed by atoms with E-state index in [1.807, 2.05) is 6.07 Å². The minimum atomic E-state index is 0.0725. The average molecular weight is 191 g/mol. The van der Waals surface area contributed by atoms with Crippen molar-refractivity contribution in [1.29, 1.82) is 0 Å². The summed E-state index contributed by atoms with van der Waals surface area (Å²) >= 11 is 0. The van der Waals surface area contributed by atoms with Crippen LogP contribution >= 0.6 is 0 Å². The zero-order valence-corrected chi connectivity index (χ0v) is 7.86. The Morgan fingerprint density at radius 2 is 2.29 bits per heavy atom. The molecular formula is C11H13NO2. The van der Waals surface area contributed by atoms with Gasteiger partial charge in [0, 0.05) is 6.42 Å². The molecule has 3 heteroatoms. The summed E-state index contributed by atoms with van der Waals surface area (Å²) in [6.45, 7) is 0. The quantitative estimate of drug-likeness (QED) is 0.710. The maximum Gasteiger partial charge on any atom is 0.220 e. The third-order valence-corrected chi connectivity index (χ3v) is 2.50. The van der Waals surface area contributed by atoms with E-state index < -0.39 is 0 Å². The van der Waals surface area contributed by atoms with Crippen LogP contribution in [0.2, 0.25) is 0 Å². The first-order chi connectivity index (χ1) is 6.75. The summed E-state index contributed by atoms with van der Waals surface area (Å²) in [5.74, 6) is 0.354. The minimum Gasteiger partial charge on any atom is -0.508 e. The van der Waals surface area contributed by atoms with E-state index in [1.54, 1.807) is 18.2 Å². The van der Waals surface area contributed by atoms with E-state index in [-0.39, 0.29) is 17.7 Å². The van der Waals surface area contributed by atoms with Crippen molar-refractivity contribution in [3.63, 3.8) is 0 Å². The smallest absolute Gasteiger partial charge is 0.220 e. The van der Waals surface area contributed by atoms with Gasteiger partial charge in [0.15, 0.2) is 0 Å². The number of aromatic hydroxyl groups is 1. The molecule has 0 bridgehead atoms. The third-order valence-electron chi connectivity index (χ3n) is 2.50. The number of hydrogen-bond acceptors (Lipinski definition) is 2. The zero-order chi connectivity index (χ0) is 9.97. The molecule has 1 heterocycles. The maximum atomic E-state index is 11.2. The summed E-state index contributed by atoms with van der Waals surface area (Å²) < 4.78 is 0. The Balaban J connectivity index is 2.17. The summed E-state index contributed by atoms with van der Waals surface area (Å²) in [6, 6.07) is 7.13. The van der Waals surface area contributed by atoms with Crippen LogP contribution in [0.3, 0.4) is 0 Å². The van der Waals surface area contributed by atoms with Gasteiger partial charge in [0.2, 0.25) is 5.91 Å². The van der Waals surface area contributed by atoms with Crippen LogP contribution in [0.5, 0.6) is 5.75 Å². The van der Waals surface area contributed by atoms with Crippen LogP contribution in [0.4, 0.5) is 0 Å². The lowest BCUT2D eigenvalue weighted by molar-refractivity contribution is -0.123. The van der Waals surface area contributed by atoms with Gasteiger partial charge in [0.05, 0.1) is 6.04 Å². The summed E-state index contributed by atoms with van der Waals surface area (Å²) in [6.07, 6.45) is 2.50. The van der Waals surface area contributed by atoms with Crippen LogP contribution in [-0.2, 0) is 4.79 Å². The molecule has 74 valence electrons. The van der Waals surface area contributed by atoms with Crippen molar-refractivity contribution in [3.05, 3.63) is 29.8 Å². The van der Waals surface area contributed by atoms with Crippen molar-refractivity contribution >= 4 is 5.91 Å². The average Bonchev–Trinajstić information content (AvgIpc) is 2.18. The SMILES string of the molecule is O=C1CCCC(c2cccc(O)c2)N1. The van der Waals surface area contributed by atoms with Gasteiger partial charge in [-0.1, -0.05) is 12.1 Å². The van der Waals surface area contributed by atoms with Crippen LogP contribution in [-0.4, -0.2) is 11.0 Å². The number of rotatable bonds is 1. The predicted octanol–water partition coefficient (Wildman–Crippen LogP) is 1.73. The third kappa shape index (κ3) is 1.87. The number of hydrogen-bond donors (Lipinski definition) is 2. The van der Waals surface area contributed by atoms with Crippen LogP contribution < -0.4 is 5.32 Å². The monoisotopic (exact) mass is 191 g/mol. The van der Waals surface area contributed by atoms with Crippen LogP contribution in [0.15, 0.2) is 24.3 Å². The summed E-state index contributed by atoms with van der Waals surface area (Å²) in [4.78, 5) is 11.2. The Labute approximate surface area is 82.8 Å². The molecule has 3 nitrogen and oxygen atoms in total. The standard InChI is InChI=1S/C11H13NO2/c13-9-4-1-3-8(7-9)10-5-2-6-11(14)12-10/h1,3-4,7,10,13H,2,5-6H2,(H,12,14). The van der Waals surface area contributed by atoms with Crippen molar-refractivity contribution in [3.8, 4) is 5.75 Å². The first-order valence-corrected chi connectivity index (χ1v) is 4.84. The molecule has 0 spiro atoms. The van der Waals surface area contributed by atoms with Crippen LogP contribution in [0, 0.1) is 0 Å². The maximum absolute atomic E-state index is 11.2. The van der Waals surface area contributed by atoms with E-state index in [1.165, 1.54) is 0 Å². The number of nitrogens with one attached hydrogen (secondary N) is 1. The van der Waals surface area contributed by atoms with Crippen LogP contribution in [0.25, 0.3) is 0 Å². The molecule has 1 saturated heterocycles. The lowest BCUT2D eigenvalue weighted by Gasteiger charge is -2.23. The second-order valence-electron chi connectivity index (χ2n) is 3.61. The van der Waals surface area contributed by atoms with E-state index in [0.29, 0.717) is 6.42 Å². The van der Waals surface area contributed by atoms with Gasteiger partial charge in [-0.3, -0.25) is 4.79 Å². The van der Waals surface area contributed by atoms with Gasteiger partial charge in [0.25, 0.3) is 0 Å². The molecule has 1 aliphatic heterocycles. The summed E-state index contributed by atoms with van der Waals surface area (Å²) in [5, 5.41) is 12.2. The Morgan fingerprint density at radius 3 is 3.00 bits per heavy atom. The number of amides is 1. The van der Waals surface area contributed by atoms with Crippen molar-refractivity contribution in [1.82, 2.24) is 5.32 Å². The Morgan fingerprint density at radius 1 is 1.43 bits per heavy atom. The van der Waals surface area contributed by atoms with Gasteiger partial charge in [0.1, 0.15) is 5.75 Å². The first kappa shape index (κ1) is 9.06. The van der Waals surface area contributed by atoms with Gasteiger partial charge in [-0.25, -0.2) is 0 Å². The second kappa shape index (κ2) is 3.70. The molecule has 1 aliphatic rings. The fourth-order valence-corrected chi connectivity index (χ4v) is 1.80. The number of phenols is 1. The lowest BCUT2D eigenvalue weighted by Crippen LogP contribution is -2.32. The highest BCUT2D eigenvalue weighted by Gasteiger charge is 2.19. The molecular weight excluding hydrogens is 178 g/mol. The van der Waals surface area contributed by atoms with E-state index in [4.69, 9.17) is 0 Å². The molecule has 1 fully saturated rings. The highest BCUT2D eigenvalue weighted by molar-refractivity contribution is 5.77. The highest BCUT2D eigenvalue weighted by atomic mass is 16.3. The van der Waals surface area contributed by atoms with Gasteiger partial charge in [-0.05, 0) is 30.5 Å². The van der Waals surface area contributed by atoms with Crippen molar-refractivity contribution < 1.29 is 9.90 Å². The largest absolute Gasteiger partial charge is 0.508 e. The molecule has 0 saturated carbocycles. The topological polar surface area (TPSA) is 49.3 Å². The number of carbonyl (C=O) groups is 1. The number of carbonyl (C=O) groups excluding carboxylic acids is 1. The molecule has 1 atom stereocenters. The highest BCUT2D eigenvalue weighted by Crippen LogP contribution is 2.25. The van der Waals surface area contributed by atoms with Crippen molar-refractivity contribution in [2.24, 2.45) is 0 Å². The lowest BCUT2D eigenvalue weighted by atomic mass is 9.97. The van der Waals surface area contributed by atoms with Crippen molar-refractivity contribution in [2.45, 2.75) is 25.3 Å². The van der Waals surface area contributed by atoms with Gasteiger partial charge in [-0.2, -0.15) is 0 Å². The van der Waals surface area contributed by atoms with Crippen LogP contribution in [0.1, 0.15) is 30.9 Å². The van der Waals surface area contributed by atoms with E-state index >= 15 is 0 Å². The molecule has 14 heavy (non-hydrogen) atoms. The number of benzene rings is 1. The molecule has 0 aliphatic carbocycles. The van der Waals surface area contributed by atoms with Gasteiger partial charge in [-0.15, -0.1) is 0 Å². The van der Waals surface area contributed by atoms with Crippen molar-refractivity contribution in [2.75, 3.05) is 0 Å². The molecule has 2 rings (SSSR count). The Kier molecular flexibility index (Phi) is 2.39. The second-order valence-corrected chi connectivity index (χ2v) is 3.61. The molecule has 0 radical (unpaired) electrons. The molecule has 0 aromatic heterocycles. The van der Waals surface area contributed by atoms with E-state index in [9.17, 15) is 9.90 Å². The molecule has 1 aromatic rings. The summed E-state index contributed by atoms with van der Waals surface area (Å²) in [7, 11) is 0. The normalized spacial score (nSPS) is 21.7. The summed E-state index contributed by atoms with van der Waals surface area (Å²) in [5.41, 5.74) is 0.984. The van der Waals surface area contributed by atoms with E-state index in [2.05, 4.69) is 5.32 Å². The Hall–Kier alpha value is -1.51. The zero-order valence-electron chi connectivity index (χ0n) is 7.86. The van der Waals surface area contributed by atoms with Gasteiger partial charge >= 0.3 is 0 Å². The predicted molar refractivity (Wildman–Crippen MR) is 52.8 cm³/mol. The fourth-order valence-electron chi connectivity index (χ4n) is 1.80. The molecule has 1 unspecified atom stereocenters. The fraction of sp³-hybridized carbons (Fsp3) is 0.364. The molecule has 2 N–H and O–H groups in total. The van der Waals surface area contributed by atoms with Gasteiger partial charge < -0.3 is 10.4 Å². The Bertz CT molecular complexity index is 349. The molecule has 1 amide bonds. The number of piperidine rings is 1. The first-order valence-electron chi connectivity index (χ1n) is 4.84. The minimum absolute atomic E-state index is 0.0725. The van der Waals surface area contributed by atoms with E-state index in [0.717, 1.165) is 18.4 Å².